The lowest BCUT2D eigenvalue weighted by atomic mass is 9.99. The van der Waals surface area contributed by atoms with Gasteiger partial charge in [0.1, 0.15) is 0 Å². The molecule has 0 aliphatic rings. The Morgan fingerprint density at radius 2 is 1.95 bits per heavy atom. The van der Waals surface area contributed by atoms with Gasteiger partial charge < -0.3 is 4.74 Å². The maximum atomic E-state index is 14.1. The summed E-state index contributed by atoms with van der Waals surface area (Å²) >= 11 is 3.39. The van der Waals surface area contributed by atoms with Crippen molar-refractivity contribution < 1.29 is 9.13 Å². The molecule has 1 unspecified atom stereocenters. The van der Waals surface area contributed by atoms with E-state index in [0.717, 1.165) is 10.0 Å². The average Bonchev–Trinajstić information content (AvgIpc) is 2.47. The third kappa shape index (κ3) is 3.36. The van der Waals surface area contributed by atoms with E-state index in [4.69, 9.17) is 10.6 Å². The Balaban J connectivity index is 2.24. The highest BCUT2D eigenvalue weighted by molar-refractivity contribution is 9.10. The van der Waals surface area contributed by atoms with Crippen LogP contribution in [0.2, 0.25) is 0 Å². The molecule has 2 aromatic rings. The number of benzene rings is 2. The lowest BCUT2D eigenvalue weighted by molar-refractivity contribution is 0.382. The number of hydrogen-bond acceptors (Lipinski definition) is 3. The molecule has 0 aromatic heterocycles. The molecule has 0 spiro atoms. The molecule has 0 heterocycles. The molecule has 3 nitrogen and oxygen atoms in total. The predicted octanol–water partition coefficient (Wildman–Crippen LogP) is 3.34. The Labute approximate surface area is 126 Å². The van der Waals surface area contributed by atoms with E-state index >= 15 is 0 Å². The molecule has 2 rings (SSSR count). The summed E-state index contributed by atoms with van der Waals surface area (Å²) < 4.78 is 20.1. The molecule has 0 bridgehead atoms. The first kappa shape index (κ1) is 15.0. The number of hydrogen-bond donors (Lipinski definition) is 2. The summed E-state index contributed by atoms with van der Waals surface area (Å²) in [4.78, 5) is 0. The second-order valence-corrected chi connectivity index (χ2v) is 5.32. The van der Waals surface area contributed by atoms with Crippen LogP contribution in [0, 0.1) is 5.82 Å². The lowest BCUT2D eigenvalue weighted by Gasteiger charge is -2.17. The summed E-state index contributed by atoms with van der Waals surface area (Å²) in [7, 11) is 1.45. The molecule has 0 fully saturated rings. The molecular formula is C15H16BrFN2O. The van der Waals surface area contributed by atoms with Crippen LogP contribution in [0.5, 0.6) is 5.75 Å². The van der Waals surface area contributed by atoms with Gasteiger partial charge in [-0.1, -0.05) is 40.2 Å². The number of nitrogens with two attached hydrogens (primary N) is 1. The van der Waals surface area contributed by atoms with Crippen molar-refractivity contribution in [2.75, 3.05) is 7.11 Å². The smallest absolute Gasteiger partial charge is 0.168 e. The predicted molar refractivity (Wildman–Crippen MR) is 80.9 cm³/mol. The zero-order chi connectivity index (χ0) is 14.5. The van der Waals surface area contributed by atoms with Gasteiger partial charge in [0.15, 0.2) is 11.6 Å². The first-order valence-electron chi connectivity index (χ1n) is 6.18. The fourth-order valence-corrected chi connectivity index (χ4v) is 2.32. The SMILES string of the molecule is COc1cccc(CC(NN)c2ccc(Br)cc2)c1F. The Kier molecular flexibility index (Phi) is 5.11. The van der Waals surface area contributed by atoms with Gasteiger partial charge in [0.25, 0.3) is 0 Å². The van der Waals surface area contributed by atoms with Crippen molar-refractivity contribution in [2.45, 2.75) is 12.5 Å². The van der Waals surface area contributed by atoms with Crippen molar-refractivity contribution >= 4 is 15.9 Å². The summed E-state index contributed by atoms with van der Waals surface area (Å²) in [5.74, 6) is 5.50. The van der Waals surface area contributed by atoms with Crippen molar-refractivity contribution in [3.8, 4) is 5.75 Å². The third-order valence-corrected chi connectivity index (χ3v) is 3.69. The Morgan fingerprint density at radius 3 is 2.55 bits per heavy atom. The normalized spacial score (nSPS) is 12.2. The van der Waals surface area contributed by atoms with E-state index in [1.54, 1.807) is 18.2 Å². The third-order valence-electron chi connectivity index (χ3n) is 3.16. The van der Waals surface area contributed by atoms with Crippen LogP contribution >= 0.6 is 15.9 Å². The van der Waals surface area contributed by atoms with Gasteiger partial charge in [-0.25, -0.2) is 4.39 Å². The molecular weight excluding hydrogens is 323 g/mol. The molecule has 1 atom stereocenters. The molecule has 20 heavy (non-hydrogen) atoms. The van der Waals surface area contributed by atoms with Gasteiger partial charge in [-0.15, -0.1) is 0 Å². The minimum Gasteiger partial charge on any atom is -0.494 e. The van der Waals surface area contributed by atoms with Crippen molar-refractivity contribution in [3.05, 3.63) is 63.9 Å². The van der Waals surface area contributed by atoms with Gasteiger partial charge in [-0.3, -0.25) is 11.3 Å². The van der Waals surface area contributed by atoms with Crippen LogP contribution in [0.3, 0.4) is 0 Å². The molecule has 0 saturated heterocycles. The second kappa shape index (κ2) is 6.83. The molecule has 0 saturated carbocycles. The fraction of sp³-hybridized carbons (Fsp3) is 0.200. The first-order chi connectivity index (χ1) is 9.65. The Bertz CT molecular complexity index is 575. The molecule has 0 aliphatic heterocycles. The largest absolute Gasteiger partial charge is 0.494 e. The van der Waals surface area contributed by atoms with Crippen LogP contribution in [0.25, 0.3) is 0 Å². The van der Waals surface area contributed by atoms with E-state index in [0.29, 0.717) is 12.0 Å². The topological polar surface area (TPSA) is 47.3 Å². The van der Waals surface area contributed by atoms with Crippen LogP contribution in [0.1, 0.15) is 17.2 Å². The van der Waals surface area contributed by atoms with Crippen molar-refractivity contribution in [1.82, 2.24) is 5.43 Å². The van der Waals surface area contributed by atoms with Crippen LogP contribution < -0.4 is 16.0 Å². The van der Waals surface area contributed by atoms with Crippen molar-refractivity contribution in [2.24, 2.45) is 5.84 Å². The minimum absolute atomic E-state index is 0.162. The highest BCUT2D eigenvalue weighted by atomic mass is 79.9. The lowest BCUT2D eigenvalue weighted by Crippen LogP contribution is -2.29. The first-order valence-corrected chi connectivity index (χ1v) is 6.98. The highest BCUT2D eigenvalue weighted by Gasteiger charge is 2.15. The molecule has 0 amide bonds. The minimum atomic E-state index is -0.340. The van der Waals surface area contributed by atoms with Crippen LogP contribution in [-0.2, 0) is 6.42 Å². The van der Waals surface area contributed by atoms with Crippen molar-refractivity contribution in [1.29, 1.82) is 0 Å². The maximum absolute atomic E-state index is 14.1. The number of halogens is 2. The zero-order valence-electron chi connectivity index (χ0n) is 11.1. The molecule has 0 aliphatic carbocycles. The zero-order valence-corrected chi connectivity index (χ0v) is 12.7. The van der Waals surface area contributed by atoms with Crippen LogP contribution in [0.15, 0.2) is 46.9 Å². The maximum Gasteiger partial charge on any atom is 0.168 e. The second-order valence-electron chi connectivity index (χ2n) is 4.41. The van der Waals surface area contributed by atoms with Crippen LogP contribution in [-0.4, -0.2) is 7.11 Å². The summed E-state index contributed by atoms with van der Waals surface area (Å²) in [5.41, 5.74) is 4.29. The standard InChI is InChI=1S/C15H16BrFN2O/c1-20-14-4-2-3-11(15(14)17)9-13(19-18)10-5-7-12(16)8-6-10/h2-8,13,19H,9,18H2,1H3. The molecule has 0 radical (unpaired) electrons. The van der Waals surface area contributed by atoms with E-state index in [-0.39, 0.29) is 17.6 Å². The average molecular weight is 339 g/mol. The number of nitrogens with one attached hydrogen (secondary N) is 1. The van der Waals surface area contributed by atoms with Gasteiger partial charge in [-0.05, 0) is 35.7 Å². The summed E-state index contributed by atoms with van der Waals surface area (Å²) in [5, 5.41) is 0. The fourth-order valence-electron chi connectivity index (χ4n) is 2.06. The van der Waals surface area contributed by atoms with Crippen LogP contribution in [0.4, 0.5) is 4.39 Å². The molecule has 5 heteroatoms. The van der Waals surface area contributed by atoms with E-state index in [9.17, 15) is 4.39 Å². The molecule has 3 N–H and O–H groups in total. The van der Waals surface area contributed by atoms with Gasteiger partial charge in [0, 0.05) is 4.47 Å². The number of hydrazine groups is 1. The number of rotatable bonds is 5. The quantitative estimate of drug-likeness (QED) is 0.649. The van der Waals surface area contributed by atoms with E-state index in [1.165, 1.54) is 7.11 Å². The van der Waals surface area contributed by atoms with Gasteiger partial charge in [-0.2, -0.15) is 0 Å². The van der Waals surface area contributed by atoms with E-state index in [1.807, 2.05) is 24.3 Å². The summed E-state index contributed by atoms with van der Waals surface area (Å²) in [6, 6.07) is 12.7. The van der Waals surface area contributed by atoms with E-state index < -0.39 is 0 Å². The van der Waals surface area contributed by atoms with Gasteiger partial charge in [0.05, 0.1) is 13.2 Å². The van der Waals surface area contributed by atoms with Crippen molar-refractivity contribution in [3.63, 3.8) is 0 Å². The van der Waals surface area contributed by atoms with Gasteiger partial charge in [0.2, 0.25) is 0 Å². The summed E-state index contributed by atoms with van der Waals surface area (Å²) in [6.07, 6.45) is 0.446. The highest BCUT2D eigenvalue weighted by Crippen LogP contribution is 2.25. The molecule has 106 valence electrons. The Hall–Kier alpha value is -1.43. The van der Waals surface area contributed by atoms with E-state index in [2.05, 4.69) is 21.4 Å². The monoisotopic (exact) mass is 338 g/mol. The van der Waals surface area contributed by atoms with Gasteiger partial charge >= 0.3 is 0 Å². The number of methoxy groups -OCH3 is 1. The molecule has 2 aromatic carbocycles. The number of ether oxygens (including phenoxy) is 1. The Morgan fingerprint density at radius 1 is 1.25 bits per heavy atom. The summed E-state index contributed by atoms with van der Waals surface area (Å²) in [6.45, 7) is 0.